The summed E-state index contributed by atoms with van der Waals surface area (Å²) in [6.45, 7) is 3.80. The second-order valence-electron chi connectivity index (χ2n) is 5.77. The van der Waals surface area contributed by atoms with Gasteiger partial charge in [-0.1, -0.05) is 18.2 Å². The number of amides is 1. The standard InChI is InChI=1S/C20H20N2O3S/c1-12-7-5-6-8-15(12)22-19(23)18-13(2)21-20(26-18)14-9-10-16(24-3)17(11-14)25-4/h5-11H,1-4H3,(H,22,23). The Balaban J connectivity index is 1.90. The maximum absolute atomic E-state index is 12.7. The van der Waals surface area contributed by atoms with Gasteiger partial charge >= 0.3 is 0 Å². The molecule has 1 N–H and O–H groups in total. The first-order valence-corrected chi connectivity index (χ1v) is 8.92. The van der Waals surface area contributed by atoms with E-state index in [1.165, 1.54) is 11.3 Å². The molecule has 1 amide bonds. The van der Waals surface area contributed by atoms with Crippen molar-refractivity contribution in [2.24, 2.45) is 0 Å². The molecule has 0 unspecified atom stereocenters. The predicted octanol–water partition coefficient (Wildman–Crippen LogP) is 4.70. The fraction of sp³-hybridized carbons (Fsp3) is 0.200. The summed E-state index contributed by atoms with van der Waals surface area (Å²) in [6, 6.07) is 13.3. The molecule has 1 heterocycles. The van der Waals surface area contributed by atoms with Crippen LogP contribution < -0.4 is 14.8 Å². The first-order valence-electron chi connectivity index (χ1n) is 8.10. The summed E-state index contributed by atoms with van der Waals surface area (Å²) in [5.74, 6) is 1.13. The van der Waals surface area contributed by atoms with Crippen LogP contribution in [-0.4, -0.2) is 25.1 Å². The molecule has 0 saturated heterocycles. The Kier molecular flexibility index (Phi) is 5.23. The van der Waals surface area contributed by atoms with Crippen molar-refractivity contribution in [3.8, 4) is 22.1 Å². The van der Waals surface area contributed by atoms with Crippen LogP contribution in [0, 0.1) is 13.8 Å². The van der Waals surface area contributed by atoms with Gasteiger partial charge in [0.25, 0.3) is 5.91 Å². The number of anilines is 1. The molecule has 0 saturated carbocycles. The van der Waals surface area contributed by atoms with Crippen molar-refractivity contribution < 1.29 is 14.3 Å². The van der Waals surface area contributed by atoms with Crippen LogP contribution in [0.5, 0.6) is 11.5 Å². The van der Waals surface area contributed by atoms with Gasteiger partial charge in [0.15, 0.2) is 11.5 Å². The van der Waals surface area contributed by atoms with Crippen molar-refractivity contribution >= 4 is 22.9 Å². The molecule has 0 spiro atoms. The van der Waals surface area contributed by atoms with Gasteiger partial charge in [-0.05, 0) is 43.7 Å². The minimum atomic E-state index is -0.152. The summed E-state index contributed by atoms with van der Waals surface area (Å²) >= 11 is 1.36. The number of para-hydroxylation sites is 1. The van der Waals surface area contributed by atoms with E-state index < -0.39 is 0 Å². The largest absolute Gasteiger partial charge is 0.493 e. The molecule has 5 nitrogen and oxygen atoms in total. The van der Waals surface area contributed by atoms with Crippen molar-refractivity contribution in [3.05, 3.63) is 58.6 Å². The van der Waals surface area contributed by atoms with Gasteiger partial charge in [-0.15, -0.1) is 11.3 Å². The second-order valence-corrected chi connectivity index (χ2v) is 6.77. The van der Waals surface area contributed by atoms with Gasteiger partial charge in [0.1, 0.15) is 9.88 Å². The molecule has 3 rings (SSSR count). The average Bonchev–Trinajstić information content (AvgIpc) is 3.04. The van der Waals surface area contributed by atoms with E-state index in [0.29, 0.717) is 22.1 Å². The molecule has 0 radical (unpaired) electrons. The molecule has 0 aliphatic heterocycles. The molecular formula is C20H20N2O3S. The first kappa shape index (κ1) is 17.9. The lowest BCUT2D eigenvalue weighted by Crippen LogP contribution is -2.12. The molecule has 134 valence electrons. The summed E-state index contributed by atoms with van der Waals surface area (Å²) < 4.78 is 10.6. The average molecular weight is 368 g/mol. The highest BCUT2D eigenvalue weighted by Gasteiger charge is 2.18. The van der Waals surface area contributed by atoms with Crippen LogP contribution in [0.1, 0.15) is 20.9 Å². The Labute approximate surface area is 156 Å². The summed E-state index contributed by atoms with van der Waals surface area (Å²) in [4.78, 5) is 17.8. The molecule has 0 aliphatic rings. The third kappa shape index (κ3) is 3.55. The SMILES string of the molecule is COc1ccc(-c2nc(C)c(C(=O)Nc3ccccc3C)s2)cc1OC. The smallest absolute Gasteiger partial charge is 0.267 e. The van der Waals surface area contributed by atoms with Crippen LogP contribution in [0.2, 0.25) is 0 Å². The molecule has 0 aliphatic carbocycles. The minimum absolute atomic E-state index is 0.152. The zero-order chi connectivity index (χ0) is 18.7. The Bertz CT molecular complexity index is 950. The maximum atomic E-state index is 12.7. The molecule has 0 bridgehead atoms. The highest BCUT2D eigenvalue weighted by Crippen LogP contribution is 2.35. The zero-order valence-corrected chi connectivity index (χ0v) is 15.9. The summed E-state index contributed by atoms with van der Waals surface area (Å²) in [5, 5.41) is 3.72. The van der Waals surface area contributed by atoms with Gasteiger partial charge in [-0.3, -0.25) is 4.79 Å². The molecule has 6 heteroatoms. The predicted molar refractivity (Wildman–Crippen MR) is 105 cm³/mol. The lowest BCUT2D eigenvalue weighted by Gasteiger charge is -2.08. The van der Waals surface area contributed by atoms with Crippen molar-refractivity contribution in [1.82, 2.24) is 4.98 Å². The van der Waals surface area contributed by atoms with E-state index in [1.807, 2.05) is 56.3 Å². The number of aryl methyl sites for hydroxylation is 2. The van der Waals surface area contributed by atoms with Crippen LogP contribution in [0.3, 0.4) is 0 Å². The third-order valence-electron chi connectivity index (χ3n) is 4.03. The Morgan fingerprint density at radius 3 is 2.46 bits per heavy atom. The number of carbonyl (C=O) groups excluding carboxylic acids is 1. The molecule has 0 fully saturated rings. The molecule has 3 aromatic rings. The van der Waals surface area contributed by atoms with E-state index in [1.54, 1.807) is 14.2 Å². The Morgan fingerprint density at radius 2 is 1.77 bits per heavy atom. The number of hydrogen-bond donors (Lipinski definition) is 1. The van der Waals surface area contributed by atoms with E-state index in [0.717, 1.165) is 21.8 Å². The second kappa shape index (κ2) is 7.58. The zero-order valence-electron chi connectivity index (χ0n) is 15.1. The fourth-order valence-corrected chi connectivity index (χ4v) is 3.55. The summed E-state index contributed by atoms with van der Waals surface area (Å²) in [6.07, 6.45) is 0. The number of nitrogens with zero attached hydrogens (tertiary/aromatic N) is 1. The quantitative estimate of drug-likeness (QED) is 0.709. The van der Waals surface area contributed by atoms with Gasteiger partial charge in [0.2, 0.25) is 0 Å². The normalized spacial score (nSPS) is 10.5. The van der Waals surface area contributed by atoms with E-state index in [-0.39, 0.29) is 5.91 Å². The number of benzene rings is 2. The van der Waals surface area contributed by atoms with Gasteiger partial charge < -0.3 is 14.8 Å². The van der Waals surface area contributed by atoms with Gasteiger partial charge in [0, 0.05) is 11.3 Å². The van der Waals surface area contributed by atoms with Gasteiger partial charge in [0.05, 0.1) is 19.9 Å². The highest BCUT2D eigenvalue weighted by atomic mass is 32.1. The highest BCUT2D eigenvalue weighted by molar-refractivity contribution is 7.17. The van der Waals surface area contributed by atoms with Crippen LogP contribution in [-0.2, 0) is 0 Å². The molecule has 1 aromatic heterocycles. The van der Waals surface area contributed by atoms with Crippen molar-refractivity contribution in [1.29, 1.82) is 0 Å². The fourth-order valence-electron chi connectivity index (χ4n) is 2.59. The van der Waals surface area contributed by atoms with Crippen LogP contribution in [0.25, 0.3) is 10.6 Å². The van der Waals surface area contributed by atoms with Crippen LogP contribution in [0.15, 0.2) is 42.5 Å². The van der Waals surface area contributed by atoms with Crippen molar-refractivity contribution in [3.63, 3.8) is 0 Å². The van der Waals surface area contributed by atoms with Gasteiger partial charge in [-0.25, -0.2) is 4.98 Å². The molecule has 2 aromatic carbocycles. The van der Waals surface area contributed by atoms with Crippen molar-refractivity contribution in [2.75, 3.05) is 19.5 Å². The maximum Gasteiger partial charge on any atom is 0.267 e. The van der Waals surface area contributed by atoms with E-state index >= 15 is 0 Å². The lowest BCUT2D eigenvalue weighted by atomic mass is 10.2. The topological polar surface area (TPSA) is 60.5 Å². The number of ether oxygens (including phenoxy) is 2. The number of hydrogen-bond acceptors (Lipinski definition) is 5. The lowest BCUT2D eigenvalue weighted by molar-refractivity contribution is 0.102. The summed E-state index contributed by atoms with van der Waals surface area (Å²) in [7, 11) is 3.19. The molecule has 0 atom stereocenters. The number of aromatic nitrogens is 1. The number of nitrogens with one attached hydrogen (secondary N) is 1. The number of methoxy groups -OCH3 is 2. The van der Waals surface area contributed by atoms with E-state index in [4.69, 9.17) is 9.47 Å². The third-order valence-corrected chi connectivity index (χ3v) is 5.23. The molecule has 26 heavy (non-hydrogen) atoms. The summed E-state index contributed by atoms with van der Waals surface area (Å²) in [5.41, 5.74) is 3.40. The van der Waals surface area contributed by atoms with Crippen LogP contribution in [0.4, 0.5) is 5.69 Å². The molecular weight excluding hydrogens is 348 g/mol. The number of thiazole rings is 1. The number of carbonyl (C=O) groups is 1. The van der Waals surface area contributed by atoms with E-state index in [9.17, 15) is 4.79 Å². The van der Waals surface area contributed by atoms with Crippen molar-refractivity contribution in [2.45, 2.75) is 13.8 Å². The van der Waals surface area contributed by atoms with Crippen LogP contribution >= 0.6 is 11.3 Å². The monoisotopic (exact) mass is 368 g/mol. The number of rotatable bonds is 5. The first-order chi connectivity index (χ1) is 12.5. The van der Waals surface area contributed by atoms with Gasteiger partial charge in [-0.2, -0.15) is 0 Å². The Hall–Kier alpha value is -2.86. The van der Waals surface area contributed by atoms with E-state index in [2.05, 4.69) is 10.3 Å². The Morgan fingerprint density at radius 1 is 1.04 bits per heavy atom. The minimum Gasteiger partial charge on any atom is -0.493 e.